The van der Waals surface area contributed by atoms with Crippen LogP contribution in [0.1, 0.15) is 31.0 Å². The molecule has 0 radical (unpaired) electrons. The Morgan fingerprint density at radius 1 is 1.25 bits per heavy atom. The Hall–Kier alpha value is -3.31. The number of hydrogen-bond acceptors (Lipinski definition) is 7. The second-order valence-corrected chi connectivity index (χ2v) is 9.56. The predicted octanol–water partition coefficient (Wildman–Crippen LogP) is 4.17. The Morgan fingerprint density at radius 3 is 2.61 bits per heavy atom. The highest BCUT2D eigenvalue weighted by Gasteiger charge is 2.35. The number of benzene rings is 2. The number of carbonyl (C=O) groups excluding carboxylic acids is 1. The highest BCUT2D eigenvalue weighted by Crippen LogP contribution is 2.37. The van der Waals surface area contributed by atoms with Crippen molar-refractivity contribution in [2.75, 3.05) is 13.7 Å². The molecule has 3 aromatic rings. The lowest BCUT2D eigenvalue weighted by Gasteiger charge is -2.26. The van der Waals surface area contributed by atoms with Crippen molar-refractivity contribution in [2.45, 2.75) is 26.5 Å². The van der Waals surface area contributed by atoms with E-state index < -0.39 is 18.6 Å². The molecule has 0 saturated heterocycles. The van der Waals surface area contributed by atoms with Gasteiger partial charge >= 0.3 is 12.6 Å². The zero-order valence-corrected chi connectivity index (χ0v) is 21.9. The van der Waals surface area contributed by atoms with Crippen molar-refractivity contribution in [2.24, 2.45) is 4.99 Å². The first kappa shape index (κ1) is 25.8. The SMILES string of the molecule is CCOC(=O)C1=C(C)N=c2s/c(=C\c3ccc(OC(F)F)cc3)c(=O)n2[C@H]1c1cc(Br)ccc1OC. The van der Waals surface area contributed by atoms with Gasteiger partial charge in [0.1, 0.15) is 17.5 Å². The Kier molecular flexibility index (Phi) is 7.70. The summed E-state index contributed by atoms with van der Waals surface area (Å²) in [7, 11) is 1.51. The number of alkyl halides is 2. The molecule has 0 fully saturated rings. The summed E-state index contributed by atoms with van der Waals surface area (Å²) < 4.78 is 42.7. The molecule has 0 amide bonds. The van der Waals surface area contributed by atoms with Crippen LogP contribution in [0.3, 0.4) is 0 Å². The van der Waals surface area contributed by atoms with E-state index in [0.29, 0.717) is 31.9 Å². The smallest absolute Gasteiger partial charge is 0.387 e. The minimum atomic E-state index is -2.92. The predicted molar refractivity (Wildman–Crippen MR) is 134 cm³/mol. The van der Waals surface area contributed by atoms with Crippen LogP contribution in [0.4, 0.5) is 8.78 Å². The standard InChI is InChI=1S/C25H21BrF2N2O5S/c1-4-34-23(32)20-13(2)29-25-30(21(20)17-12-15(26)7-10-18(17)33-3)22(31)19(36-25)11-14-5-8-16(9-6-14)35-24(27)28/h5-12,21,24H,4H2,1-3H3/b19-11-/t21-/m0/s1. The summed E-state index contributed by atoms with van der Waals surface area (Å²) in [5, 5.41) is 0. The molecule has 2 aromatic carbocycles. The second kappa shape index (κ2) is 10.8. The molecule has 4 rings (SSSR count). The fourth-order valence-corrected chi connectivity index (χ4v) is 5.33. The fourth-order valence-electron chi connectivity index (χ4n) is 3.90. The van der Waals surface area contributed by atoms with E-state index in [0.717, 1.165) is 15.8 Å². The number of halogens is 3. The van der Waals surface area contributed by atoms with Gasteiger partial charge in [0.25, 0.3) is 5.56 Å². The fraction of sp³-hybridized carbons (Fsp3) is 0.240. The zero-order chi connectivity index (χ0) is 26.0. The van der Waals surface area contributed by atoms with Gasteiger partial charge in [0.15, 0.2) is 4.80 Å². The van der Waals surface area contributed by atoms with Gasteiger partial charge in [0.2, 0.25) is 0 Å². The molecule has 0 spiro atoms. The van der Waals surface area contributed by atoms with Gasteiger partial charge in [0.05, 0.1) is 29.5 Å². The number of aromatic nitrogens is 1. The Morgan fingerprint density at radius 2 is 1.97 bits per heavy atom. The van der Waals surface area contributed by atoms with E-state index >= 15 is 0 Å². The Bertz CT molecular complexity index is 1510. The first-order chi connectivity index (χ1) is 17.2. The lowest BCUT2D eigenvalue weighted by molar-refractivity contribution is -0.139. The third-order valence-corrected chi connectivity index (χ3v) is 6.88. The van der Waals surface area contributed by atoms with E-state index in [4.69, 9.17) is 9.47 Å². The largest absolute Gasteiger partial charge is 0.496 e. The van der Waals surface area contributed by atoms with Crippen molar-refractivity contribution >= 4 is 39.3 Å². The van der Waals surface area contributed by atoms with E-state index in [1.54, 1.807) is 50.3 Å². The first-order valence-electron chi connectivity index (χ1n) is 10.8. The molecule has 1 aliphatic heterocycles. The number of carbonyl (C=O) groups is 1. The van der Waals surface area contributed by atoms with Crippen LogP contribution in [0.5, 0.6) is 11.5 Å². The van der Waals surface area contributed by atoms with Gasteiger partial charge in [-0.15, -0.1) is 0 Å². The van der Waals surface area contributed by atoms with Crippen LogP contribution in [0.2, 0.25) is 0 Å². The molecule has 1 aliphatic rings. The average Bonchev–Trinajstić information content (AvgIpc) is 3.13. The molecular formula is C25H21BrF2N2O5S. The van der Waals surface area contributed by atoms with E-state index in [9.17, 15) is 18.4 Å². The summed E-state index contributed by atoms with van der Waals surface area (Å²) in [5.41, 5.74) is 1.50. The first-order valence-corrected chi connectivity index (χ1v) is 12.4. The van der Waals surface area contributed by atoms with Gasteiger partial charge < -0.3 is 14.2 Å². The van der Waals surface area contributed by atoms with Crippen molar-refractivity contribution in [3.63, 3.8) is 0 Å². The number of allylic oxidation sites excluding steroid dienone is 1. The zero-order valence-electron chi connectivity index (χ0n) is 19.5. The lowest BCUT2D eigenvalue weighted by Crippen LogP contribution is -2.40. The lowest BCUT2D eigenvalue weighted by atomic mass is 9.95. The molecule has 7 nitrogen and oxygen atoms in total. The number of rotatable bonds is 7. The van der Waals surface area contributed by atoms with E-state index in [2.05, 4.69) is 25.7 Å². The summed E-state index contributed by atoms with van der Waals surface area (Å²) in [6.07, 6.45) is 1.63. The summed E-state index contributed by atoms with van der Waals surface area (Å²) in [6.45, 7) is 0.636. The number of ether oxygens (including phenoxy) is 3. The Labute approximate surface area is 217 Å². The van der Waals surface area contributed by atoms with Crippen LogP contribution in [0.15, 0.2) is 68.0 Å². The van der Waals surface area contributed by atoms with E-state index in [-0.39, 0.29) is 23.5 Å². The van der Waals surface area contributed by atoms with Crippen LogP contribution >= 0.6 is 27.3 Å². The van der Waals surface area contributed by atoms with Gasteiger partial charge in [0, 0.05) is 10.0 Å². The molecule has 2 heterocycles. The molecule has 1 aromatic heterocycles. The van der Waals surface area contributed by atoms with Crippen molar-refractivity contribution in [1.82, 2.24) is 4.57 Å². The third kappa shape index (κ3) is 5.12. The number of fused-ring (bicyclic) bond motifs is 1. The molecule has 11 heteroatoms. The molecule has 188 valence electrons. The molecule has 0 bridgehead atoms. The third-order valence-electron chi connectivity index (χ3n) is 5.41. The van der Waals surface area contributed by atoms with Crippen LogP contribution in [-0.4, -0.2) is 30.9 Å². The molecular weight excluding hydrogens is 558 g/mol. The van der Waals surface area contributed by atoms with Crippen LogP contribution in [0, 0.1) is 0 Å². The second-order valence-electron chi connectivity index (χ2n) is 7.64. The molecule has 36 heavy (non-hydrogen) atoms. The highest BCUT2D eigenvalue weighted by atomic mass is 79.9. The van der Waals surface area contributed by atoms with Crippen molar-refractivity contribution in [1.29, 1.82) is 0 Å². The normalized spacial score (nSPS) is 15.5. The van der Waals surface area contributed by atoms with E-state index in [1.807, 2.05) is 0 Å². The maximum absolute atomic E-state index is 13.7. The van der Waals surface area contributed by atoms with Crippen molar-refractivity contribution in [3.8, 4) is 11.5 Å². The van der Waals surface area contributed by atoms with Gasteiger partial charge in [-0.05, 0) is 55.8 Å². The Balaban J connectivity index is 1.91. The summed E-state index contributed by atoms with van der Waals surface area (Å²) in [5.74, 6) is -0.0707. The maximum Gasteiger partial charge on any atom is 0.387 e. The highest BCUT2D eigenvalue weighted by molar-refractivity contribution is 9.10. The summed E-state index contributed by atoms with van der Waals surface area (Å²) >= 11 is 4.62. The minimum absolute atomic E-state index is 0.0139. The molecule has 1 atom stereocenters. The van der Waals surface area contributed by atoms with Gasteiger partial charge in [-0.2, -0.15) is 8.78 Å². The number of hydrogen-bond donors (Lipinski definition) is 0. The molecule has 0 N–H and O–H groups in total. The van der Waals surface area contributed by atoms with Crippen LogP contribution in [0.25, 0.3) is 6.08 Å². The van der Waals surface area contributed by atoms with Gasteiger partial charge in [-0.25, -0.2) is 9.79 Å². The molecule has 0 saturated carbocycles. The maximum atomic E-state index is 13.7. The van der Waals surface area contributed by atoms with Crippen LogP contribution in [-0.2, 0) is 9.53 Å². The number of methoxy groups -OCH3 is 1. The average molecular weight is 579 g/mol. The van der Waals surface area contributed by atoms with E-state index in [1.165, 1.54) is 23.8 Å². The minimum Gasteiger partial charge on any atom is -0.496 e. The van der Waals surface area contributed by atoms with Gasteiger partial charge in [-0.3, -0.25) is 9.36 Å². The van der Waals surface area contributed by atoms with Crippen molar-refractivity contribution in [3.05, 3.63) is 89.0 Å². The monoisotopic (exact) mass is 578 g/mol. The molecule has 0 unspecified atom stereocenters. The number of nitrogens with zero attached hydrogens (tertiary/aromatic N) is 2. The summed E-state index contributed by atoms with van der Waals surface area (Å²) in [4.78, 5) is 31.6. The number of thiazole rings is 1. The quantitative estimate of drug-likeness (QED) is 0.393. The topological polar surface area (TPSA) is 79.1 Å². The number of esters is 1. The van der Waals surface area contributed by atoms with Gasteiger partial charge in [-0.1, -0.05) is 39.4 Å². The summed E-state index contributed by atoms with van der Waals surface area (Å²) in [6, 6.07) is 10.4. The van der Waals surface area contributed by atoms with Crippen LogP contribution < -0.4 is 24.4 Å². The van der Waals surface area contributed by atoms with Crippen molar-refractivity contribution < 1.29 is 27.8 Å². The molecule has 0 aliphatic carbocycles.